The molecule has 0 saturated heterocycles. The highest BCUT2D eigenvalue weighted by atomic mass is 32.2. The van der Waals surface area contributed by atoms with E-state index in [1.165, 1.54) is 31.2 Å². The molecule has 2 bridgehead atoms. The molecule has 4 heteroatoms. The second-order valence-electron chi connectivity index (χ2n) is 10.2. The lowest BCUT2D eigenvalue weighted by Gasteiger charge is -2.30. The SMILES string of the molecule is CC(C)c1cc(C(C)C)c(S(=O)(=O)N[C@@H](C)[C@@H]2C[C@H]3CC[C@H]2C3)c(C(C)C)c1. The van der Waals surface area contributed by atoms with Gasteiger partial charge in [0.2, 0.25) is 10.0 Å². The second kappa shape index (κ2) is 8.10. The lowest BCUT2D eigenvalue weighted by molar-refractivity contribution is 0.280. The highest BCUT2D eigenvalue weighted by Crippen LogP contribution is 2.49. The summed E-state index contributed by atoms with van der Waals surface area (Å²) >= 11 is 0. The van der Waals surface area contributed by atoms with Crippen LogP contribution in [-0.4, -0.2) is 14.5 Å². The first-order valence-corrected chi connectivity index (χ1v) is 12.7. The summed E-state index contributed by atoms with van der Waals surface area (Å²) in [6.07, 6.45) is 5.11. The standard InChI is InChI=1S/C24H39NO2S/c1-14(2)20-12-21(15(3)4)24(22(13-20)16(5)6)28(26,27)25-17(7)23-11-18-8-9-19(23)10-18/h12-19,23,25H,8-11H2,1-7H3/t17-,18-,19-,23-/m0/s1. The Morgan fingerprint density at radius 2 is 1.43 bits per heavy atom. The molecule has 158 valence electrons. The average Bonchev–Trinajstić information content (AvgIpc) is 3.23. The molecule has 0 amide bonds. The number of hydrogen-bond acceptors (Lipinski definition) is 2. The van der Waals surface area contributed by atoms with Gasteiger partial charge in [-0.15, -0.1) is 0 Å². The maximum atomic E-state index is 13.6. The van der Waals surface area contributed by atoms with Gasteiger partial charge in [0, 0.05) is 6.04 Å². The van der Waals surface area contributed by atoms with Crippen molar-refractivity contribution in [1.82, 2.24) is 4.72 Å². The van der Waals surface area contributed by atoms with Crippen LogP contribution in [0.2, 0.25) is 0 Å². The summed E-state index contributed by atoms with van der Waals surface area (Å²) in [5.41, 5.74) is 3.15. The number of nitrogens with one attached hydrogen (secondary N) is 1. The normalized spacial score (nSPS) is 26.0. The fraction of sp³-hybridized carbons (Fsp3) is 0.750. The van der Waals surface area contributed by atoms with Crippen molar-refractivity contribution in [1.29, 1.82) is 0 Å². The Kier molecular flexibility index (Phi) is 6.32. The summed E-state index contributed by atoms with van der Waals surface area (Å²) in [5.74, 6) is 2.74. The first-order valence-electron chi connectivity index (χ1n) is 11.2. The van der Waals surface area contributed by atoms with Gasteiger partial charge >= 0.3 is 0 Å². The fourth-order valence-electron chi connectivity index (χ4n) is 5.50. The molecule has 1 aromatic rings. The van der Waals surface area contributed by atoms with E-state index in [1.807, 2.05) is 0 Å². The number of fused-ring (bicyclic) bond motifs is 2. The molecule has 2 fully saturated rings. The summed E-state index contributed by atoms with van der Waals surface area (Å²) in [5, 5.41) is 0. The molecular weight excluding hydrogens is 366 g/mol. The molecule has 0 radical (unpaired) electrons. The smallest absolute Gasteiger partial charge is 0.208 e. The minimum absolute atomic E-state index is 0.00472. The van der Waals surface area contributed by atoms with Crippen molar-refractivity contribution >= 4 is 10.0 Å². The van der Waals surface area contributed by atoms with Crippen molar-refractivity contribution in [2.24, 2.45) is 17.8 Å². The first kappa shape index (κ1) is 21.8. The molecule has 0 aromatic heterocycles. The fourth-order valence-corrected chi connectivity index (χ4v) is 7.49. The third kappa shape index (κ3) is 4.18. The van der Waals surface area contributed by atoms with Gasteiger partial charge in [-0.05, 0) is 78.4 Å². The van der Waals surface area contributed by atoms with Gasteiger partial charge in [0.1, 0.15) is 0 Å². The summed E-state index contributed by atoms with van der Waals surface area (Å²) in [7, 11) is -3.56. The van der Waals surface area contributed by atoms with Crippen LogP contribution in [0.5, 0.6) is 0 Å². The Morgan fingerprint density at radius 1 is 0.857 bits per heavy atom. The van der Waals surface area contributed by atoms with E-state index in [0.29, 0.717) is 22.6 Å². The maximum absolute atomic E-state index is 13.6. The minimum Gasteiger partial charge on any atom is -0.208 e. The van der Waals surface area contributed by atoms with Crippen LogP contribution in [0.1, 0.15) is 109 Å². The predicted molar refractivity (Wildman–Crippen MR) is 117 cm³/mol. The largest absolute Gasteiger partial charge is 0.241 e. The molecule has 0 aliphatic heterocycles. The molecule has 0 spiro atoms. The van der Waals surface area contributed by atoms with Crippen LogP contribution in [0.15, 0.2) is 17.0 Å². The highest BCUT2D eigenvalue weighted by Gasteiger charge is 2.43. The summed E-state index contributed by atoms with van der Waals surface area (Å²) in [6, 6.07) is 4.25. The van der Waals surface area contributed by atoms with Crippen LogP contribution in [0.4, 0.5) is 0 Å². The minimum atomic E-state index is -3.56. The molecule has 0 unspecified atom stereocenters. The molecule has 1 aromatic carbocycles. The average molecular weight is 406 g/mol. The van der Waals surface area contributed by atoms with E-state index in [0.717, 1.165) is 17.0 Å². The molecule has 0 heterocycles. The number of hydrogen-bond donors (Lipinski definition) is 1. The van der Waals surface area contributed by atoms with Gasteiger partial charge in [-0.2, -0.15) is 0 Å². The van der Waals surface area contributed by atoms with Gasteiger partial charge in [0.25, 0.3) is 0 Å². The topological polar surface area (TPSA) is 46.2 Å². The molecule has 2 aliphatic carbocycles. The van der Waals surface area contributed by atoms with E-state index < -0.39 is 10.0 Å². The monoisotopic (exact) mass is 405 g/mol. The quantitative estimate of drug-likeness (QED) is 0.590. The molecule has 28 heavy (non-hydrogen) atoms. The highest BCUT2D eigenvalue weighted by molar-refractivity contribution is 7.89. The van der Waals surface area contributed by atoms with E-state index in [1.54, 1.807) is 0 Å². The zero-order valence-electron chi connectivity index (χ0n) is 18.7. The van der Waals surface area contributed by atoms with E-state index in [-0.39, 0.29) is 17.9 Å². The summed E-state index contributed by atoms with van der Waals surface area (Å²) in [6.45, 7) is 14.8. The van der Waals surface area contributed by atoms with Crippen LogP contribution < -0.4 is 4.72 Å². The van der Waals surface area contributed by atoms with Gasteiger partial charge in [-0.3, -0.25) is 0 Å². The van der Waals surface area contributed by atoms with E-state index in [9.17, 15) is 8.42 Å². The predicted octanol–water partition coefficient (Wildman–Crippen LogP) is 6.16. The molecule has 3 nitrogen and oxygen atoms in total. The van der Waals surface area contributed by atoms with Crippen molar-refractivity contribution in [2.45, 2.75) is 103 Å². The Hall–Kier alpha value is -0.870. The van der Waals surface area contributed by atoms with Gasteiger partial charge in [0.15, 0.2) is 0 Å². The Bertz CT molecular complexity index is 781. The number of rotatable bonds is 7. The number of sulfonamides is 1. The Morgan fingerprint density at radius 3 is 1.82 bits per heavy atom. The molecule has 2 saturated carbocycles. The molecule has 1 N–H and O–H groups in total. The zero-order chi connectivity index (χ0) is 20.8. The lowest BCUT2D eigenvalue weighted by atomic mass is 9.84. The molecular formula is C24H39NO2S. The third-order valence-corrected chi connectivity index (χ3v) is 8.82. The Balaban J connectivity index is 1.99. The first-order chi connectivity index (χ1) is 13.0. The van der Waals surface area contributed by atoms with Gasteiger partial charge in [-0.25, -0.2) is 13.1 Å². The van der Waals surface area contributed by atoms with Crippen LogP contribution in [0, 0.1) is 17.8 Å². The van der Waals surface area contributed by atoms with Crippen LogP contribution in [-0.2, 0) is 10.0 Å². The van der Waals surface area contributed by atoms with Gasteiger partial charge in [0.05, 0.1) is 4.90 Å². The van der Waals surface area contributed by atoms with E-state index >= 15 is 0 Å². The van der Waals surface area contributed by atoms with Crippen LogP contribution >= 0.6 is 0 Å². The van der Waals surface area contributed by atoms with Crippen LogP contribution in [0.3, 0.4) is 0 Å². The number of benzene rings is 1. The summed E-state index contributed by atoms with van der Waals surface area (Å²) < 4.78 is 30.4. The molecule has 4 atom stereocenters. The maximum Gasteiger partial charge on any atom is 0.241 e. The van der Waals surface area contributed by atoms with Crippen molar-refractivity contribution in [2.75, 3.05) is 0 Å². The Labute approximate surface area is 172 Å². The lowest BCUT2D eigenvalue weighted by Crippen LogP contribution is -2.40. The summed E-state index contributed by atoms with van der Waals surface area (Å²) in [4.78, 5) is 0.539. The third-order valence-electron chi connectivity index (χ3n) is 7.12. The van der Waals surface area contributed by atoms with Crippen molar-refractivity contribution in [3.8, 4) is 0 Å². The zero-order valence-corrected chi connectivity index (χ0v) is 19.6. The van der Waals surface area contributed by atoms with Gasteiger partial charge in [-0.1, -0.05) is 60.1 Å². The van der Waals surface area contributed by atoms with E-state index in [2.05, 4.69) is 65.3 Å². The van der Waals surface area contributed by atoms with Gasteiger partial charge < -0.3 is 0 Å². The molecule has 3 rings (SSSR count). The van der Waals surface area contributed by atoms with Crippen molar-refractivity contribution in [3.05, 3.63) is 28.8 Å². The van der Waals surface area contributed by atoms with Crippen LogP contribution in [0.25, 0.3) is 0 Å². The second-order valence-corrected chi connectivity index (χ2v) is 11.9. The van der Waals surface area contributed by atoms with E-state index in [4.69, 9.17) is 0 Å². The van der Waals surface area contributed by atoms with Crippen molar-refractivity contribution < 1.29 is 8.42 Å². The van der Waals surface area contributed by atoms with Crippen molar-refractivity contribution in [3.63, 3.8) is 0 Å². The molecule has 2 aliphatic rings.